The zero-order valence-corrected chi connectivity index (χ0v) is 15.6. The van der Waals surface area contributed by atoms with E-state index >= 15 is 0 Å². The van der Waals surface area contributed by atoms with E-state index in [2.05, 4.69) is 31.7 Å². The van der Waals surface area contributed by atoms with Gasteiger partial charge in [0, 0.05) is 36.3 Å². The molecule has 2 aromatic heterocycles. The van der Waals surface area contributed by atoms with Crippen LogP contribution in [0, 0.1) is 11.3 Å². The maximum atomic E-state index is 8.96. The number of anilines is 3. The van der Waals surface area contributed by atoms with E-state index in [0.29, 0.717) is 23.9 Å². The second kappa shape index (κ2) is 8.63. The van der Waals surface area contributed by atoms with Gasteiger partial charge in [-0.3, -0.25) is 4.98 Å². The molecular formula is C23H18N6. The van der Waals surface area contributed by atoms with Gasteiger partial charge in [0.25, 0.3) is 0 Å². The van der Waals surface area contributed by atoms with Gasteiger partial charge < -0.3 is 10.6 Å². The minimum absolute atomic E-state index is 0.480. The van der Waals surface area contributed by atoms with Crippen LogP contribution in [0.25, 0.3) is 11.3 Å². The van der Waals surface area contributed by atoms with Crippen LogP contribution in [0.3, 0.4) is 0 Å². The summed E-state index contributed by atoms with van der Waals surface area (Å²) in [6.45, 7) is 0.629. The maximum absolute atomic E-state index is 8.96. The molecule has 0 spiro atoms. The highest BCUT2D eigenvalue weighted by Gasteiger charge is 2.08. The van der Waals surface area contributed by atoms with E-state index in [0.717, 1.165) is 22.5 Å². The smallest absolute Gasteiger partial charge is 0.229 e. The third-order valence-corrected chi connectivity index (χ3v) is 4.29. The van der Waals surface area contributed by atoms with Gasteiger partial charge in [0.15, 0.2) is 0 Å². The summed E-state index contributed by atoms with van der Waals surface area (Å²) in [5.74, 6) is 1.19. The Hall–Kier alpha value is -4.24. The van der Waals surface area contributed by atoms with Gasteiger partial charge in [-0.2, -0.15) is 10.2 Å². The summed E-state index contributed by atoms with van der Waals surface area (Å²) in [6.07, 6.45) is 3.54. The summed E-state index contributed by atoms with van der Waals surface area (Å²) in [5.41, 5.74) is 4.35. The number of aromatic nitrogens is 3. The number of nitrogens with one attached hydrogen (secondary N) is 2. The van der Waals surface area contributed by atoms with E-state index in [1.54, 1.807) is 24.5 Å². The fourth-order valence-electron chi connectivity index (χ4n) is 2.80. The molecule has 0 saturated heterocycles. The number of pyridine rings is 1. The molecule has 0 radical (unpaired) electrons. The molecule has 2 aromatic carbocycles. The van der Waals surface area contributed by atoms with Crippen molar-refractivity contribution < 1.29 is 0 Å². The molecule has 29 heavy (non-hydrogen) atoms. The highest BCUT2D eigenvalue weighted by molar-refractivity contribution is 5.66. The van der Waals surface area contributed by atoms with Crippen molar-refractivity contribution in [3.05, 3.63) is 96.3 Å². The molecule has 140 valence electrons. The summed E-state index contributed by atoms with van der Waals surface area (Å²) in [7, 11) is 0. The predicted molar refractivity (Wildman–Crippen MR) is 113 cm³/mol. The van der Waals surface area contributed by atoms with Crippen LogP contribution in [0.4, 0.5) is 17.5 Å². The van der Waals surface area contributed by atoms with Crippen molar-refractivity contribution in [2.45, 2.75) is 6.54 Å². The molecule has 0 amide bonds. The Bertz CT molecular complexity index is 1120. The van der Waals surface area contributed by atoms with Crippen molar-refractivity contribution in [3.8, 4) is 17.3 Å². The molecule has 0 saturated carbocycles. The fraction of sp³-hybridized carbons (Fsp3) is 0.0435. The van der Waals surface area contributed by atoms with Gasteiger partial charge in [-0.1, -0.05) is 30.3 Å². The Morgan fingerprint density at radius 1 is 0.862 bits per heavy atom. The van der Waals surface area contributed by atoms with Crippen LogP contribution in [0.5, 0.6) is 0 Å². The average Bonchev–Trinajstić information content (AvgIpc) is 2.79. The van der Waals surface area contributed by atoms with Crippen molar-refractivity contribution in [3.63, 3.8) is 0 Å². The van der Waals surface area contributed by atoms with Crippen molar-refractivity contribution >= 4 is 17.5 Å². The number of hydrogen-bond acceptors (Lipinski definition) is 6. The fourth-order valence-corrected chi connectivity index (χ4v) is 2.80. The molecule has 0 aliphatic heterocycles. The third-order valence-electron chi connectivity index (χ3n) is 4.29. The molecule has 4 rings (SSSR count). The molecular weight excluding hydrogens is 360 g/mol. The van der Waals surface area contributed by atoms with E-state index < -0.39 is 0 Å². The van der Waals surface area contributed by atoms with E-state index in [4.69, 9.17) is 5.26 Å². The minimum atomic E-state index is 0.480. The molecule has 0 aliphatic rings. The molecule has 4 aromatic rings. The number of nitriles is 1. The van der Waals surface area contributed by atoms with Crippen LogP contribution >= 0.6 is 0 Å². The van der Waals surface area contributed by atoms with Gasteiger partial charge in [-0.25, -0.2) is 4.98 Å². The Morgan fingerprint density at radius 2 is 1.62 bits per heavy atom. The quantitative estimate of drug-likeness (QED) is 0.503. The topological polar surface area (TPSA) is 86.5 Å². The lowest BCUT2D eigenvalue weighted by Crippen LogP contribution is -2.05. The lowest BCUT2D eigenvalue weighted by molar-refractivity contribution is 1.08. The van der Waals surface area contributed by atoms with Gasteiger partial charge in [-0.05, 0) is 42.0 Å². The van der Waals surface area contributed by atoms with E-state index in [9.17, 15) is 0 Å². The highest BCUT2D eigenvalue weighted by Crippen LogP contribution is 2.23. The van der Waals surface area contributed by atoms with Crippen LogP contribution in [0.2, 0.25) is 0 Å². The number of rotatable bonds is 6. The van der Waals surface area contributed by atoms with Crippen LogP contribution < -0.4 is 10.6 Å². The maximum Gasteiger partial charge on any atom is 0.229 e. The van der Waals surface area contributed by atoms with Gasteiger partial charge in [0.05, 0.1) is 17.3 Å². The monoisotopic (exact) mass is 378 g/mol. The first-order chi connectivity index (χ1) is 14.3. The van der Waals surface area contributed by atoms with E-state index in [-0.39, 0.29) is 0 Å². The summed E-state index contributed by atoms with van der Waals surface area (Å²) < 4.78 is 0. The molecule has 0 fully saturated rings. The first-order valence-electron chi connectivity index (χ1n) is 9.14. The molecule has 0 bridgehead atoms. The molecule has 2 N–H and O–H groups in total. The zero-order valence-electron chi connectivity index (χ0n) is 15.6. The Labute approximate surface area is 168 Å². The second-order valence-corrected chi connectivity index (χ2v) is 6.35. The van der Waals surface area contributed by atoms with Crippen molar-refractivity contribution in [1.82, 2.24) is 15.0 Å². The van der Waals surface area contributed by atoms with Crippen molar-refractivity contribution in [1.29, 1.82) is 5.26 Å². The summed E-state index contributed by atoms with van der Waals surface area (Å²) in [6, 6.07) is 25.1. The van der Waals surface area contributed by atoms with Crippen LogP contribution in [0.15, 0.2) is 85.2 Å². The highest BCUT2D eigenvalue weighted by atomic mass is 15.1. The molecule has 2 heterocycles. The SMILES string of the molecule is N#Cc1ccc(Nc2nc(NCc3ccncc3)cc(-c3ccccc3)n2)cc1. The minimum Gasteiger partial charge on any atom is -0.366 e. The third kappa shape index (κ3) is 4.73. The first-order valence-corrected chi connectivity index (χ1v) is 9.14. The lowest BCUT2D eigenvalue weighted by Gasteiger charge is -2.12. The van der Waals surface area contributed by atoms with Crippen LogP contribution in [-0.2, 0) is 6.54 Å². The molecule has 6 nitrogen and oxygen atoms in total. The van der Waals surface area contributed by atoms with E-state index in [1.807, 2.05) is 60.7 Å². The normalized spacial score (nSPS) is 10.2. The number of nitrogens with zero attached hydrogens (tertiary/aromatic N) is 4. The van der Waals surface area contributed by atoms with Gasteiger partial charge in [0.2, 0.25) is 5.95 Å². The standard InChI is InChI=1S/C23H18N6/c24-15-17-6-8-20(9-7-17)27-23-28-21(19-4-2-1-3-5-19)14-22(29-23)26-16-18-10-12-25-13-11-18/h1-14H,16H2,(H2,26,27,28,29). The Kier molecular flexibility index (Phi) is 5.40. The second-order valence-electron chi connectivity index (χ2n) is 6.35. The summed E-state index contributed by atoms with van der Waals surface area (Å²) >= 11 is 0. The number of hydrogen-bond donors (Lipinski definition) is 2. The zero-order chi connectivity index (χ0) is 19.9. The predicted octanol–water partition coefficient (Wildman–Crippen LogP) is 4.77. The van der Waals surface area contributed by atoms with Crippen molar-refractivity contribution in [2.24, 2.45) is 0 Å². The largest absolute Gasteiger partial charge is 0.366 e. The Balaban J connectivity index is 1.63. The molecule has 6 heteroatoms. The average molecular weight is 378 g/mol. The lowest BCUT2D eigenvalue weighted by atomic mass is 10.1. The van der Waals surface area contributed by atoms with Gasteiger partial charge >= 0.3 is 0 Å². The van der Waals surface area contributed by atoms with Crippen molar-refractivity contribution in [2.75, 3.05) is 10.6 Å². The molecule has 0 unspecified atom stereocenters. The van der Waals surface area contributed by atoms with E-state index in [1.165, 1.54) is 0 Å². The molecule has 0 aliphatic carbocycles. The van der Waals surface area contributed by atoms with Crippen LogP contribution in [-0.4, -0.2) is 15.0 Å². The Morgan fingerprint density at radius 3 is 2.34 bits per heavy atom. The van der Waals surface area contributed by atoms with Gasteiger partial charge in [0.1, 0.15) is 5.82 Å². The first kappa shape index (κ1) is 18.1. The van der Waals surface area contributed by atoms with Crippen LogP contribution in [0.1, 0.15) is 11.1 Å². The summed E-state index contributed by atoms with van der Waals surface area (Å²) in [4.78, 5) is 13.3. The number of benzene rings is 2. The summed E-state index contributed by atoms with van der Waals surface area (Å²) in [5, 5.41) is 15.5. The molecule has 0 atom stereocenters. The van der Waals surface area contributed by atoms with Gasteiger partial charge in [-0.15, -0.1) is 0 Å².